The average molecular weight is 251 g/mol. The lowest BCUT2D eigenvalue weighted by Gasteiger charge is -2.03. The molecule has 18 heavy (non-hydrogen) atoms. The number of carboxylic acid groups (broad SMARTS) is 1. The van der Waals surface area contributed by atoms with E-state index in [-0.39, 0.29) is 17.2 Å². The van der Waals surface area contributed by atoms with E-state index >= 15 is 0 Å². The molecule has 0 aliphatic rings. The van der Waals surface area contributed by atoms with Crippen LogP contribution in [-0.4, -0.2) is 26.0 Å². The van der Waals surface area contributed by atoms with Gasteiger partial charge < -0.3 is 5.11 Å². The van der Waals surface area contributed by atoms with Crippen molar-refractivity contribution >= 4 is 5.97 Å². The molecule has 0 amide bonds. The zero-order valence-corrected chi connectivity index (χ0v) is 8.92. The lowest BCUT2D eigenvalue weighted by atomic mass is 10.3. The summed E-state index contributed by atoms with van der Waals surface area (Å²) in [5, 5.41) is 8.77. The summed E-state index contributed by atoms with van der Waals surface area (Å²) in [6, 6.07) is 5.21. The fourth-order valence-corrected chi connectivity index (χ4v) is 1.30. The topological polar surface area (TPSA) is 76.0 Å². The molecule has 0 spiro atoms. The van der Waals surface area contributed by atoms with Gasteiger partial charge in [-0.2, -0.15) is 0 Å². The standard InChI is InChI=1S/C11H7F2N3O2/c12-9(13)6-2-1-3-7(15-6)10-14-5-4-8(16-10)11(17)18/h1-5,9H,(H,17,18). The van der Waals surface area contributed by atoms with Gasteiger partial charge in [0.15, 0.2) is 11.5 Å². The third-order valence-corrected chi connectivity index (χ3v) is 2.10. The van der Waals surface area contributed by atoms with Crippen molar-refractivity contribution in [3.63, 3.8) is 0 Å². The average Bonchev–Trinajstić information content (AvgIpc) is 2.39. The number of alkyl halides is 2. The second-order valence-corrected chi connectivity index (χ2v) is 3.32. The first kappa shape index (κ1) is 12.0. The van der Waals surface area contributed by atoms with Crippen molar-refractivity contribution in [2.75, 3.05) is 0 Å². The molecule has 5 nitrogen and oxygen atoms in total. The Kier molecular flexibility index (Phi) is 3.22. The van der Waals surface area contributed by atoms with Gasteiger partial charge in [-0.05, 0) is 18.2 Å². The number of carbonyl (C=O) groups is 1. The quantitative estimate of drug-likeness (QED) is 0.904. The number of nitrogens with zero attached hydrogens (tertiary/aromatic N) is 3. The van der Waals surface area contributed by atoms with Crippen molar-refractivity contribution in [2.45, 2.75) is 6.43 Å². The second-order valence-electron chi connectivity index (χ2n) is 3.32. The Balaban J connectivity index is 2.45. The number of hydrogen-bond acceptors (Lipinski definition) is 4. The second kappa shape index (κ2) is 4.82. The van der Waals surface area contributed by atoms with Gasteiger partial charge in [-0.3, -0.25) is 0 Å². The molecule has 0 aromatic carbocycles. The first-order chi connectivity index (χ1) is 8.58. The minimum absolute atomic E-state index is 0.00241. The maximum absolute atomic E-state index is 12.5. The Bertz CT molecular complexity index is 590. The minimum atomic E-state index is -2.70. The highest BCUT2D eigenvalue weighted by Crippen LogP contribution is 2.19. The highest BCUT2D eigenvalue weighted by molar-refractivity contribution is 5.85. The van der Waals surface area contributed by atoms with Crippen LogP contribution >= 0.6 is 0 Å². The summed E-state index contributed by atoms with van der Waals surface area (Å²) in [5.74, 6) is -1.22. The zero-order valence-electron chi connectivity index (χ0n) is 8.92. The van der Waals surface area contributed by atoms with Gasteiger partial charge in [0.2, 0.25) is 0 Å². The summed E-state index contributed by atoms with van der Waals surface area (Å²) in [7, 11) is 0. The smallest absolute Gasteiger partial charge is 0.354 e. The molecule has 2 rings (SSSR count). The van der Waals surface area contributed by atoms with E-state index in [1.165, 1.54) is 30.5 Å². The predicted molar refractivity (Wildman–Crippen MR) is 57.2 cm³/mol. The van der Waals surface area contributed by atoms with E-state index in [0.717, 1.165) is 0 Å². The SMILES string of the molecule is O=C(O)c1ccnc(-c2cccc(C(F)F)n2)n1. The van der Waals surface area contributed by atoms with E-state index in [1.54, 1.807) is 0 Å². The van der Waals surface area contributed by atoms with E-state index in [2.05, 4.69) is 15.0 Å². The van der Waals surface area contributed by atoms with Crippen LogP contribution in [0, 0.1) is 0 Å². The van der Waals surface area contributed by atoms with E-state index in [0.29, 0.717) is 0 Å². The van der Waals surface area contributed by atoms with Crippen LogP contribution < -0.4 is 0 Å². The Morgan fingerprint density at radius 3 is 2.67 bits per heavy atom. The van der Waals surface area contributed by atoms with Crippen molar-refractivity contribution in [3.8, 4) is 11.5 Å². The molecule has 0 unspecified atom stereocenters. The predicted octanol–water partition coefficient (Wildman–Crippen LogP) is 2.17. The molecular weight excluding hydrogens is 244 g/mol. The number of carboxylic acids is 1. The molecule has 2 aromatic heterocycles. The number of halogens is 2. The van der Waals surface area contributed by atoms with E-state index < -0.39 is 18.1 Å². The molecule has 2 aromatic rings. The molecule has 0 aliphatic carbocycles. The largest absolute Gasteiger partial charge is 0.477 e. The molecule has 92 valence electrons. The molecule has 7 heteroatoms. The van der Waals surface area contributed by atoms with Gasteiger partial charge in [0.1, 0.15) is 11.4 Å². The van der Waals surface area contributed by atoms with Gasteiger partial charge in [0, 0.05) is 6.20 Å². The summed E-state index contributed by atoms with van der Waals surface area (Å²) >= 11 is 0. The van der Waals surface area contributed by atoms with Crippen LogP contribution in [0.3, 0.4) is 0 Å². The maximum Gasteiger partial charge on any atom is 0.354 e. The van der Waals surface area contributed by atoms with Gasteiger partial charge in [-0.15, -0.1) is 0 Å². The lowest BCUT2D eigenvalue weighted by Crippen LogP contribution is -2.03. The third-order valence-electron chi connectivity index (χ3n) is 2.10. The highest BCUT2D eigenvalue weighted by atomic mass is 19.3. The van der Waals surface area contributed by atoms with E-state index in [9.17, 15) is 13.6 Å². The Morgan fingerprint density at radius 2 is 2.00 bits per heavy atom. The molecule has 1 N–H and O–H groups in total. The van der Waals surface area contributed by atoms with Gasteiger partial charge in [-0.25, -0.2) is 28.5 Å². The Labute approximate surface area is 100 Å². The van der Waals surface area contributed by atoms with Crippen LogP contribution in [0.4, 0.5) is 8.78 Å². The normalized spacial score (nSPS) is 10.6. The monoisotopic (exact) mass is 251 g/mol. The number of aromatic nitrogens is 3. The summed E-state index contributed by atoms with van der Waals surface area (Å²) < 4.78 is 24.9. The van der Waals surface area contributed by atoms with E-state index in [4.69, 9.17) is 5.11 Å². The summed E-state index contributed by atoms with van der Waals surface area (Å²) in [4.78, 5) is 21.9. The third kappa shape index (κ3) is 2.45. The molecule has 0 atom stereocenters. The summed E-state index contributed by atoms with van der Waals surface area (Å²) in [6.07, 6.45) is -1.46. The Hall–Kier alpha value is -2.44. The molecule has 0 saturated heterocycles. The lowest BCUT2D eigenvalue weighted by molar-refractivity contribution is 0.0690. The summed E-state index contributed by atoms with van der Waals surface area (Å²) in [5.41, 5.74) is -0.517. The van der Waals surface area contributed by atoms with Crippen molar-refractivity contribution in [3.05, 3.63) is 41.9 Å². The minimum Gasteiger partial charge on any atom is -0.477 e. The number of pyridine rings is 1. The fraction of sp³-hybridized carbons (Fsp3) is 0.0909. The van der Waals surface area contributed by atoms with Crippen molar-refractivity contribution in [1.82, 2.24) is 15.0 Å². The van der Waals surface area contributed by atoms with Gasteiger partial charge in [0.25, 0.3) is 6.43 Å². The number of aromatic carboxylic acids is 1. The van der Waals surface area contributed by atoms with Crippen molar-refractivity contribution in [1.29, 1.82) is 0 Å². The molecule has 0 radical (unpaired) electrons. The number of hydrogen-bond donors (Lipinski definition) is 1. The van der Waals surface area contributed by atoms with E-state index in [1.807, 2.05) is 0 Å². The molecule has 0 bridgehead atoms. The molecule has 0 fully saturated rings. The molecular formula is C11H7F2N3O2. The molecule has 0 saturated carbocycles. The first-order valence-corrected chi connectivity index (χ1v) is 4.90. The van der Waals surface area contributed by atoms with Crippen LogP contribution in [0.5, 0.6) is 0 Å². The Morgan fingerprint density at radius 1 is 1.22 bits per heavy atom. The van der Waals surface area contributed by atoms with Gasteiger partial charge >= 0.3 is 5.97 Å². The van der Waals surface area contributed by atoms with Crippen LogP contribution in [-0.2, 0) is 0 Å². The molecule has 0 aliphatic heterocycles. The van der Waals surface area contributed by atoms with Crippen LogP contribution in [0.1, 0.15) is 22.6 Å². The van der Waals surface area contributed by atoms with Crippen LogP contribution in [0.15, 0.2) is 30.5 Å². The molecule has 2 heterocycles. The van der Waals surface area contributed by atoms with Crippen LogP contribution in [0.2, 0.25) is 0 Å². The zero-order chi connectivity index (χ0) is 13.1. The summed E-state index contributed by atoms with van der Waals surface area (Å²) in [6.45, 7) is 0. The fourth-order valence-electron chi connectivity index (χ4n) is 1.30. The van der Waals surface area contributed by atoms with Crippen molar-refractivity contribution < 1.29 is 18.7 Å². The van der Waals surface area contributed by atoms with Gasteiger partial charge in [0.05, 0.1) is 0 Å². The maximum atomic E-state index is 12.5. The van der Waals surface area contributed by atoms with Crippen LogP contribution in [0.25, 0.3) is 11.5 Å². The first-order valence-electron chi connectivity index (χ1n) is 4.90. The highest BCUT2D eigenvalue weighted by Gasteiger charge is 2.12. The van der Waals surface area contributed by atoms with Crippen molar-refractivity contribution in [2.24, 2.45) is 0 Å². The number of rotatable bonds is 3. The van der Waals surface area contributed by atoms with Gasteiger partial charge in [-0.1, -0.05) is 6.07 Å².